The van der Waals surface area contributed by atoms with Crippen molar-refractivity contribution in [3.05, 3.63) is 53.6 Å². The van der Waals surface area contributed by atoms with Crippen LogP contribution in [0.2, 0.25) is 0 Å². The van der Waals surface area contributed by atoms with Gasteiger partial charge in [0.1, 0.15) is 5.82 Å². The standard InChI is InChI=1S/C26H29N5O3S/c1-34-24(32)9-10-28-26(33)21-7-8-23-22(17-21)29-25(20-5-3-19(18-27)4-6-20)31(23)12-2-11-30-13-15-35-16-14-30/h3-8,17H,2,9-16H2,1H3,(H,28,33). The number of rotatable bonds is 9. The number of imidazole rings is 1. The van der Waals surface area contributed by atoms with Gasteiger partial charge < -0.3 is 19.5 Å². The van der Waals surface area contributed by atoms with Crippen LogP contribution in [-0.2, 0) is 16.1 Å². The quantitative estimate of drug-likeness (QED) is 0.458. The largest absolute Gasteiger partial charge is 0.469 e. The molecule has 3 aromatic rings. The van der Waals surface area contributed by atoms with Crippen molar-refractivity contribution in [3.63, 3.8) is 0 Å². The molecular formula is C26H29N5O3S. The van der Waals surface area contributed by atoms with Crippen LogP contribution < -0.4 is 5.32 Å². The topological polar surface area (TPSA) is 100 Å². The molecule has 1 aliphatic heterocycles. The minimum atomic E-state index is -0.366. The number of carbonyl (C=O) groups excluding carboxylic acids is 2. The maximum atomic E-state index is 12.6. The van der Waals surface area contributed by atoms with Gasteiger partial charge in [0.25, 0.3) is 5.91 Å². The van der Waals surface area contributed by atoms with Gasteiger partial charge in [-0.25, -0.2) is 4.98 Å². The van der Waals surface area contributed by atoms with Gasteiger partial charge in [-0.3, -0.25) is 9.59 Å². The number of aryl methyl sites for hydroxylation is 1. The monoisotopic (exact) mass is 491 g/mol. The van der Waals surface area contributed by atoms with E-state index in [0.29, 0.717) is 11.1 Å². The SMILES string of the molecule is COC(=O)CCNC(=O)c1ccc2c(c1)nc(-c1ccc(C#N)cc1)n2CCCN1CCSCC1. The lowest BCUT2D eigenvalue weighted by molar-refractivity contribution is -0.140. The third-order valence-electron chi connectivity index (χ3n) is 6.08. The minimum absolute atomic E-state index is 0.123. The van der Waals surface area contributed by atoms with Gasteiger partial charge in [0.15, 0.2) is 0 Å². The summed E-state index contributed by atoms with van der Waals surface area (Å²) in [6, 6.07) is 15.1. The van der Waals surface area contributed by atoms with Crippen LogP contribution in [0.3, 0.4) is 0 Å². The van der Waals surface area contributed by atoms with Crippen molar-refractivity contribution in [2.45, 2.75) is 19.4 Å². The first-order valence-corrected chi connectivity index (χ1v) is 12.9. The molecule has 0 atom stereocenters. The molecule has 2 heterocycles. The third-order valence-corrected chi connectivity index (χ3v) is 7.03. The number of amides is 1. The number of carbonyl (C=O) groups is 2. The average Bonchev–Trinajstić information content (AvgIpc) is 3.26. The fourth-order valence-corrected chi connectivity index (χ4v) is 5.15. The predicted octanol–water partition coefficient (Wildman–Crippen LogP) is 3.31. The van der Waals surface area contributed by atoms with E-state index >= 15 is 0 Å². The van der Waals surface area contributed by atoms with Crippen molar-refractivity contribution in [2.24, 2.45) is 0 Å². The Labute approximate surface area is 209 Å². The van der Waals surface area contributed by atoms with E-state index in [1.165, 1.54) is 18.6 Å². The highest BCUT2D eigenvalue weighted by atomic mass is 32.2. The number of hydrogen-bond donors (Lipinski definition) is 1. The molecule has 35 heavy (non-hydrogen) atoms. The molecule has 0 radical (unpaired) electrons. The summed E-state index contributed by atoms with van der Waals surface area (Å²) in [4.78, 5) is 31.3. The van der Waals surface area contributed by atoms with E-state index in [9.17, 15) is 9.59 Å². The van der Waals surface area contributed by atoms with E-state index in [0.717, 1.165) is 55.0 Å². The Hall–Kier alpha value is -3.35. The predicted molar refractivity (Wildman–Crippen MR) is 137 cm³/mol. The molecular weight excluding hydrogens is 462 g/mol. The fourth-order valence-electron chi connectivity index (χ4n) is 4.17. The van der Waals surface area contributed by atoms with Gasteiger partial charge in [0.2, 0.25) is 0 Å². The van der Waals surface area contributed by atoms with Gasteiger partial charge in [0, 0.05) is 48.8 Å². The normalized spacial score (nSPS) is 13.9. The second-order valence-corrected chi connectivity index (χ2v) is 9.59. The number of benzene rings is 2. The molecule has 0 saturated carbocycles. The molecule has 0 aliphatic carbocycles. The fraction of sp³-hybridized carbons (Fsp3) is 0.385. The number of aromatic nitrogens is 2. The zero-order chi connectivity index (χ0) is 24.6. The molecule has 4 rings (SSSR count). The van der Waals surface area contributed by atoms with E-state index in [4.69, 9.17) is 10.2 Å². The van der Waals surface area contributed by atoms with Crippen LogP contribution in [0.4, 0.5) is 0 Å². The number of nitrogens with one attached hydrogen (secondary N) is 1. The van der Waals surface area contributed by atoms with E-state index < -0.39 is 0 Å². The van der Waals surface area contributed by atoms with Crippen LogP contribution in [0, 0.1) is 11.3 Å². The first-order chi connectivity index (χ1) is 17.1. The van der Waals surface area contributed by atoms with Gasteiger partial charge in [-0.2, -0.15) is 17.0 Å². The number of thioether (sulfide) groups is 1. The number of nitrogens with zero attached hydrogens (tertiary/aromatic N) is 4. The van der Waals surface area contributed by atoms with Crippen molar-refractivity contribution < 1.29 is 14.3 Å². The second-order valence-electron chi connectivity index (χ2n) is 8.37. The highest BCUT2D eigenvalue weighted by Gasteiger charge is 2.16. The van der Waals surface area contributed by atoms with Crippen molar-refractivity contribution in [2.75, 3.05) is 44.8 Å². The maximum Gasteiger partial charge on any atom is 0.307 e. The van der Waals surface area contributed by atoms with Crippen LogP contribution in [-0.4, -0.2) is 71.1 Å². The van der Waals surface area contributed by atoms with E-state index in [-0.39, 0.29) is 24.8 Å². The van der Waals surface area contributed by atoms with Crippen molar-refractivity contribution in [1.29, 1.82) is 5.26 Å². The third kappa shape index (κ3) is 6.21. The number of hydrogen-bond acceptors (Lipinski definition) is 7. The molecule has 0 bridgehead atoms. The van der Waals surface area contributed by atoms with Crippen LogP contribution in [0.5, 0.6) is 0 Å². The molecule has 1 N–H and O–H groups in total. The van der Waals surface area contributed by atoms with Crippen LogP contribution in [0.15, 0.2) is 42.5 Å². The number of fused-ring (bicyclic) bond motifs is 1. The molecule has 1 aromatic heterocycles. The zero-order valence-electron chi connectivity index (χ0n) is 19.8. The summed E-state index contributed by atoms with van der Waals surface area (Å²) in [7, 11) is 1.32. The van der Waals surface area contributed by atoms with Crippen molar-refractivity contribution >= 4 is 34.7 Å². The van der Waals surface area contributed by atoms with E-state index in [2.05, 4.69) is 25.6 Å². The van der Waals surface area contributed by atoms with Crippen LogP contribution >= 0.6 is 11.8 Å². The number of ether oxygens (including phenoxy) is 1. The minimum Gasteiger partial charge on any atom is -0.469 e. The molecule has 9 heteroatoms. The Morgan fingerprint density at radius 3 is 2.63 bits per heavy atom. The summed E-state index contributed by atoms with van der Waals surface area (Å²) in [6.07, 6.45) is 1.12. The molecule has 0 spiro atoms. The Bertz CT molecular complexity index is 1230. The lowest BCUT2D eigenvalue weighted by atomic mass is 10.1. The Morgan fingerprint density at radius 1 is 1.14 bits per heavy atom. The number of esters is 1. The van der Waals surface area contributed by atoms with Crippen LogP contribution in [0.25, 0.3) is 22.4 Å². The Kier molecular flexibility index (Phi) is 8.40. The van der Waals surface area contributed by atoms with Crippen molar-refractivity contribution in [3.8, 4) is 17.5 Å². The van der Waals surface area contributed by atoms with Gasteiger partial charge in [0.05, 0.1) is 36.2 Å². The highest BCUT2D eigenvalue weighted by Crippen LogP contribution is 2.26. The molecule has 0 unspecified atom stereocenters. The highest BCUT2D eigenvalue weighted by molar-refractivity contribution is 7.99. The van der Waals surface area contributed by atoms with Gasteiger partial charge in [-0.05, 0) is 55.4 Å². The molecule has 1 aliphatic rings. The van der Waals surface area contributed by atoms with E-state index in [1.807, 2.05) is 30.0 Å². The van der Waals surface area contributed by atoms with Gasteiger partial charge in [-0.1, -0.05) is 0 Å². The lowest BCUT2D eigenvalue weighted by Gasteiger charge is -2.26. The molecule has 1 saturated heterocycles. The van der Waals surface area contributed by atoms with Gasteiger partial charge >= 0.3 is 5.97 Å². The average molecular weight is 492 g/mol. The maximum absolute atomic E-state index is 12.6. The Morgan fingerprint density at radius 2 is 1.91 bits per heavy atom. The number of methoxy groups -OCH3 is 1. The first kappa shape index (κ1) is 24.8. The molecule has 1 amide bonds. The summed E-state index contributed by atoms with van der Waals surface area (Å²) in [6.45, 7) is 4.32. The molecule has 2 aromatic carbocycles. The van der Waals surface area contributed by atoms with Crippen LogP contribution in [0.1, 0.15) is 28.8 Å². The zero-order valence-corrected chi connectivity index (χ0v) is 20.6. The molecule has 182 valence electrons. The Balaban J connectivity index is 1.57. The molecule has 8 nitrogen and oxygen atoms in total. The summed E-state index contributed by atoms with van der Waals surface area (Å²) in [5.74, 6) is 2.58. The summed E-state index contributed by atoms with van der Waals surface area (Å²) >= 11 is 2.01. The smallest absolute Gasteiger partial charge is 0.307 e. The summed E-state index contributed by atoms with van der Waals surface area (Å²) < 4.78 is 6.82. The van der Waals surface area contributed by atoms with E-state index in [1.54, 1.807) is 24.3 Å². The lowest BCUT2D eigenvalue weighted by Crippen LogP contribution is -2.33. The van der Waals surface area contributed by atoms with Crippen molar-refractivity contribution in [1.82, 2.24) is 19.8 Å². The second kappa shape index (κ2) is 11.9. The van der Waals surface area contributed by atoms with Gasteiger partial charge in [-0.15, -0.1) is 0 Å². The summed E-state index contributed by atoms with van der Waals surface area (Å²) in [5, 5.41) is 11.9. The number of nitriles is 1. The molecule has 1 fully saturated rings. The summed E-state index contributed by atoms with van der Waals surface area (Å²) in [5.41, 5.74) is 3.72. The first-order valence-electron chi connectivity index (χ1n) is 11.7.